The first kappa shape index (κ1) is 16.2. The lowest BCUT2D eigenvalue weighted by Crippen LogP contribution is -2.49. The maximum absolute atomic E-state index is 12.1. The maximum Gasteiger partial charge on any atom is 0.317 e. The second kappa shape index (κ2) is 6.90. The van der Waals surface area contributed by atoms with E-state index in [0.717, 1.165) is 63.1 Å². The highest BCUT2D eigenvalue weighted by Gasteiger charge is 2.31. The summed E-state index contributed by atoms with van der Waals surface area (Å²) in [5.74, 6) is 0. The van der Waals surface area contributed by atoms with Crippen LogP contribution in [0.15, 0.2) is 30.3 Å². The van der Waals surface area contributed by atoms with Crippen LogP contribution in [0.4, 0.5) is 10.5 Å². The molecular weight excluding hydrogens is 312 g/mol. The zero-order chi connectivity index (χ0) is 17.2. The van der Waals surface area contributed by atoms with Crippen LogP contribution in [0.1, 0.15) is 31.9 Å². The predicted molar refractivity (Wildman–Crippen MR) is 101 cm³/mol. The van der Waals surface area contributed by atoms with E-state index in [9.17, 15) is 4.79 Å². The number of carbonyl (C=O) groups excluding carboxylic acids is 1. The van der Waals surface area contributed by atoms with Gasteiger partial charge in [0.1, 0.15) is 0 Å². The summed E-state index contributed by atoms with van der Waals surface area (Å²) in [5, 5.41) is 4.15. The highest BCUT2D eigenvalue weighted by Crippen LogP contribution is 2.30. The predicted octanol–water partition coefficient (Wildman–Crippen LogP) is 3.18. The van der Waals surface area contributed by atoms with Crippen LogP contribution in [-0.2, 0) is 6.42 Å². The van der Waals surface area contributed by atoms with E-state index in [2.05, 4.69) is 47.5 Å². The summed E-state index contributed by atoms with van der Waals surface area (Å²) in [6.07, 6.45) is 4.31. The minimum absolute atomic E-state index is 0.0955. The standard InChI is InChI=1S/C20H26N4O/c1-2-6-15-13-19(17-8-3-4-9-18(17)22-15)23-11-5-7-16(14-23)24-12-10-21-20(24)25/h3-4,8-9,13,16H,2,5-7,10-12,14H2,1H3,(H,21,25). The molecule has 2 aromatic rings. The fraction of sp³-hybridized carbons (Fsp3) is 0.500. The number of nitrogens with one attached hydrogen (secondary N) is 1. The average Bonchev–Trinajstić information content (AvgIpc) is 3.07. The Kier molecular flexibility index (Phi) is 4.47. The van der Waals surface area contributed by atoms with Gasteiger partial charge in [-0.15, -0.1) is 0 Å². The van der Waals surface area contributed by atoms with Crippen molar-refractivity contribution in [3.05, 3.63) is 36.0 Å². The molecule has 1 atom stereocenters. The molecule has 2 aliphatic heterocycles. The van der Waals surface area contributed by atoms with E-state index in [0.29, 0.717) is 6.04 Å². The van der Waals surface area contributed by atoms with Crippen molar-refractivity contribution in [3.8, 4) is 0 Å². The molecule has 1 unspecified atom stereocenters. The lowest BCUT2D eigenvalue weighted by molar-refractivity contribution is 0.189. The van der Waals surface area contributed by atoms with E-state index in [1.54, 1.807) is 0 Å². The Balaban J connectivity index is 1.66. The zero-order valence-corrected chi connectivity index (χ0v) is 14.9. The summed E-state index contributed by atoms with van der Waals surface area (Å²) in [7, 11) is 0. The van der Waals surface area contributed by atoms with Crippen molar-refractivity contribution in [2.45, 2.75) is 38.6 Å². The summed E-state index contributed by atoms with van der Waals surface area (Å²) >= 11 is 0. The highest BCUT2D eigenvalue weighted by atomic mass is 16.2. The third-order valence-corrected chi connectivity index (χ3v) is 5.32. The van der Waals surface area contributed by atoms with Crippen LogP contribution in [0, 0.1) is 0 Å². The van der Waals surface area contributed by atoms with Crippen molar-refractivity contribution in [3.63, 3.8) is 0 Å². The fourth-order valence-corrected chi connectivity index (χ4v) is 4.12. The molecule has 25 heavy (non-hydrogen) atoms. The molecule has 0 radical (unpaired) electrons. The van der Waals surface area contributed by atoms with Gasteiger partial charge in [0.2, 0.25) is 0 Å². The average molecular weight is 338 g/mol. The molecule has 132 valence electrons. The third kappa shape index (κ3) is 3.15. The maximum atomic E-state index is 12.1. The van der Waals surface area contributed by atoms with Gasteiger partial charge in [0.15, 0.2) is 0 Å². The molecule has 2 amide bonds. The lowest BCUT2D eigenvalue weighted by Gasteiger charge is -2.38. The Morgan fingerprint density at radius 1 is 1.28 bits per heavy atom. The van der Waals surface area contributed by atoms with E-state index < -0.39 is 0 Å². The van der Waals surface area contributed by atoms with Gasteiger partial charge in [-0.25, -0.2) is 4.79 Å². The molecule has 0 saturated carbocycles. The van der Waals surface area contributed by atoms with Crippen molar-refractivity contribution in [1.29, 1.82) is 0 Å². The Labute approximate surface area is 149 Å². The van der Waals surface area contributed by atoms with Crippen LogP contribution in [0.3, 0.4) is 0 Å². The van der Waals surface area contributed by atoms with Crippen LogP contribution >= 0.6 is 0 Å². The first-order valence-corrected chi connectivity index (χ1v) is 9.44. The number of nitrogens with zero attached hydrogens (tertiary/aromatic N) is 3. The van der Waals surface area contributed by atoms with Crippen molar-refractivity contribution in [2.24, 2.45) is 0 Å². The molecule has 2 fully saturated rings. The van der Waals surface area contributed by atoms with Gasteiger partial charge in [-0.2, -0.15) is 0 Å². The number of hydrogen-bond acceptors (Lipinski definition) is 3. The van der Waals surface area contributed by atoms with Crippen LogP contribution < -0.4 is 10.2 Å². The number of fused-ring (bicyclic) bond motifs is 1. The first-order chi connectivity index (χ1) is 12.3. The second-order valence-corrected chi connectivity index (χ2v) is 7.07. The van der Waals surface area contributed by atoms with E-state index in [1.807, 2.05) is 4.90 Å². The number of rotatable bonds is 4. The topological polar surface area (TPSA) is 48.5 Å². The Morgan fingerprint density at radius 2 is 2.16 bits per heavy atom. The number of hydrogen-bond donors (Lipinski definition) is 1. The summed E-state index contributed by atoms with van der Waals surface area (Å²) < 4.78 is 0. The van der Waals surface area contributed by atoms with Gasteiger partial charge in [-0.05, 0) is 31.4 Å². The smallest absolute Gasteiger partial charge is 0.317 e. The third-order valence-electron chi connectivity index (χ3n) is 5.32. The molecule has 1 aromatic carbocycles. The number of benzene rings is 1. The number of amides is 2. The number of piperidine rings is 1. The normalized spacial score (nSPS) is 21.0. The monoisotopic (exact) mass is 338 g/mol. The number of aromatic nitrogens is 1. The molecule has 0 spiro atoms. The van der Waals surface area contributed by atoms with Gasteiger partial charge in [0.05, 0.1) is 11.6 Å². The van der Waals surface area contributed by atoms with E-state index in [4.69, 9.17) is 4.98 Å². The number of urea groups is 1. The van der Waals surface area contributed by atoms with Crippen LogP contribution in [0.25, 0.3) is 10.9 Å². The molecule has 1 N–H and O–H groups in total. The summed E-state index contributed by atoms with van der Waals surface area (Å²) in [6, 6.07) is 11.1. The van der Waals surface area contributed by atoms with Gasteiger partial charge in [0, 0.05) is 42.9 Å². The molecule has 4 rings (SSSR count). The minimum atomic E-state index is 0.0955. The van der Waals surface area contributed by atoms with Crippen LogP contribution in [0.2, 0.25) is 0 Å². The Hall–Kier alpha value is -2.30. The first-order valence-electron chi connectivity index (χ1n) is 9.44. The SMILES string of the molecule is CCCc1cc(N2CCCC(N3CCNC3=O)C2)c2ccccc2n1. The summed E-state index contributed by atoms with van der Waals surface area (Å²) in [6.45, 7) is 5.75. The molecule has 2 saturated heterocycles. The molecule has 5 nitrogen and oxygen atoms in total. The van der Waals surface area contributed by atoms with Gasteiger partial charge in [-0.3, -0.25) is 4.98 Å². The highest BCUT2D eigenvalue weighted by molar-refractivity contribution is 5.92. The minimum Gasteiger partial charge on any atom is -0.369 e. The Bertz CT molecular complexity index is 775. The number of para-hydroxylation sites is 1. The van der Waals surface area contributed by atoms with Crippen LogP contribution in [-0.4, -0.2) is 48.1 Å². The van der Waals surface area contributed by atoms with Crippen molar-refractivity contribution >= 4 is 22.6 Å². The quantitative estimate of drug-likeness (QED) is 0.931. The molecule has 5 heteroatoms. The van der Waals surface area contributed by atoms with E-state index in [-0.39, 0.29) is 6.03 Å². The van der Waals surface area contributed by atoms with E-state index in [1.165, 1.54) is 11.1 Å². The van der Waals surface area contributed by atoms with Gasteiger partial charge < -0.3 is 15.1 Å². The van der Waals surface area contributed by atoms with Crippen molar-refractivity contribution in [1.82, 2.24) is 15.2 Å². The molecule has 1 aromatic heterocycles. The lowest BCUT2D eigenvalue weighted by atomic mass is 10.0. The van der Waals surface area contributed by atoms with Crippen LogP contribution in [0.5, 0.6) is 0 Å². The summed E-state index contributed by atoms with van der Waals surface area (Å²) in [5.41, 5.74) is 3.51. The Morgan fingerprint density at radius 3 is 2.96 bits per heavy atom. The number of pyridine rings is 1. The van der Waals surface area contributed by atoms with Crippen molar-refractivity contribution in [2.75, 3.05) is 31.1 Å². The number of anilines is 1. The van der Waals surface area contributed by atoms with E-state index >= 15 is 0 Å². The van der Waals surface area contributed by atoms with Gasteiger partial charge in [-0.1, -0.05) is 31.5 Å². The number of carbonyl (C=O) groups is 1. The van der Waals surface area contributed by atoms with Gasteiger partial charge in [0.25, 0.3) is 0 Å². The zero-order valence-electron chi connectivity index (χ0n) is 14.9. The summed E-state index contributed by atoms with van der Waals surface area (Å²) in [4.78, 5) is 21.4. The fourth-order valence-electron chi connectivity index (χ4n) is 4.12. The van der Waals surface area contributed by atoms with Crippen molar-refractivity contribution < 1.29 is 4.79 Å². The molecular formula is C20H26N4O. The molecule has 0 bridgehead atoms. The number of aryl methyl sites for hydroxylation is 1. The van der Waals surface area contributed by atoms with Gasteiger partial charge >= 0.3 is 6.03 Å². The largest absolute Gasteiger partial charge is 0.369 e. The molecule has 2 aliphatic rings. The molecule has 3 heterocycles. The molecule has 0 aliphatic carbocycles. The second-order valence-electron chi connectivity index (χ2n) is 7.07.